The Kier molecular flexibility index (Phi) is 2.74. The predicted molar refractivity (Wildman–Crippen MR) is 71.1 cm³/mol. The minimum absolute atomic E-state index is 0.0127. The lowest BCUT2D eigenvalue weighted by Gasteiger charge is -2.17. The maximum atomic E-state index is 12.4. The zero-order valence-electron chi connectivity index (χ0n) is 10.6. The molecule has 0 atom stereocenters. The van der Waals surface area contributed by atoms with Gasteiger partial charge in [-0.1, -0.05) is 18.2 Å². The van der Waals surface area contributed by atoms with Crippen LogP contribution < -0.4 is 10.1 Å². The topological polar surface area (TPSA) is 67.0 Å². The van der Waals surface area contributed by atoms with Crippen LogP contribution in [0.1, 0.15) is 18.4 Å². The van der Waals surface area contributed by atoms with E-state index in [-0.39, 0.29) is 5.91 Å². The molecule has 1 amide bonds. The van der Waals surface area contributed by atoms with Crippen molar-refractivity contribution in [2.24, 2.45) is 0 Å². The summed E-state index contributed by atoms with van der Waals surface area (Å²) in [5.74, 6) is 1.37. The third kappa shape index (κ3) is 1.97. The molecule has 0 bridgehead atoms. The fraction of sp³-hybridized carbons (Fsp3) is 0.286. The van der Waals surface area contributed by atoms with Crippen LogP contribution in [0.25, 0.3) is 0 Å². The van der Waals surface area contributed by atoms with Gasteiger partial charge in [0.25, 0.3) is 0 Å². The van der Waals surface area contributed by atoms with Crippen molar-refractivity contribution in [3.63, 3.8) is 0 Å². The highest BCUT2D eigenvalue weighted by molar-refractivity contribution is 6.01. The van der Waals surface area contributed by atoms with E-state index in [1.165, 1.54) is 0 Å². The highest BCUT2D eigenvalue weighted by Crippen LogP contribution is 2.51. The molecule has 5 nitrogen and oxygen atoms in total. The number of ether oxygens (including phenoxy) is 1. The molecule has 5 heteroatoms. The fourth-order valence-electron chi connectivity index (χ4n) is 2.35. The lowest BCUT2D eigenvalue weighted by atomic mass is 9.94. The SMILES string of the molecule is COc1ccccc1C1(C(=O)Nc2ccn[nH]2)CC1. The summed E-state index contributed by atoms with van der Waals surface area (Å²) in [6.07, 6.45) is 3.29. The van der Waals surface area contributed by atoms with Crippen molar-refractivity contribution in [1.29, 1.82) is 0 Å². The minimum Gasteiger partial charge on any atom is -0.496 e. The number of carbonyl (C=O) groups is 1. The molecule has 0 radical (unpaired) electrons. The zero-order chi connectivity index (χ0) is 13.3. The predicted octanol–water partition coefficient (Wildman–Crippen LogP) is 2.09. The Balaban J connectivity index is 1.88. The Morgan fingerprint density at radius 2 is 2.16 bits per heavy atom. The van der Waals surface area contributed by atoms with E-state index in [0.29, 0.717) is 5.82 Å². The summed E-state index contributed by atoms with van der Waals surface area (Å²) >= 11 is 0. The van der Waals surface area contributed by atoms with Gasteiger partial charge in [0.1, 0.15) is 11.6 Å². The van der Waals surface area contributed by atoms with E-state index in [4.69, 9.17) is 4.74 Å². The molecule has 1 heterocycles. The van der Waals surface area contributed by atoms with Crippen molar-refractivity contribution in [2.75, 3.05) is 12.4 Å². The number of aromatic amines is 1. The van der Waals surface area contributed by atoms with E-state index in [0.717, 1.165) is 24.2 Å². The van der Waals surface area contributed by atoms with Crippen LogP contribution in [0.2, 0.25) is 0 Å². The Labute approximate surface area is 111 Å². The molecule has 0 unspecified atom stereocenters. The second-order valence-corrected chi connectivity index (χ2v) is 4.71. The van der Waals surface area contributed by atoms with Gasteiger partial charge in [-0.3, -0.25) is 9.89 Å². The third-order valence-corrected chi connectivity index (χ3v) is 3.56. The number of rotatable bonds is 4. The maximum absolute atomic E-state index is 12.4. The Hall–Kier alpha value is -2.30. The normalized spacial score (nSPS) is 15.8. The van der Waals surface area contributed by atoms with Gasteiger partial charge in [0.05, 0.1) is 18.7 Å². The van der Waals surface area contributed by atoms with Gasteiger partial charge in [0, 0.05) is 11.6 Å². The second-order valence-electron chi connectivity index (χ2n) is 4.71. The number of anilines is 1. The number of aromatic nitrogens is 2. The molecule has 19 heavy (non-hydrogen) atoms. The van der Waals surface area contributed by atoms with E-state index in [1.54, 1.807) is 19.4 Å². The van der Waals surface area contributed by atoms with Crippen LogP contribution in [-0.2, 0) is 10.2 Å². The summed E-state index contributed by atoms with van der Waals surface area (Å²) in [4.78, 5) is 12.4. The van der Waals surface area contributed by atoms with Gasteiger partial charge in [-0.2, -0.15) is 5.10 Å². The first-order chi connectivity index (χ1) is 9.26. The number of methoxy groups -OCH3 is 1. The Morgan fingerprint density at radius 3 is 2.79 bits per heavy atom. The molecule has 1 aliphatic carbocycles. The van der Waals surface area contributed by atoms with Gasteiger partial charge < -0.3 is 10.1 Å². The van der Waals surface area contributed by atoms with E-state index in [1.807, 2.05) is 24.3 Å². The number of amides is 1. The van der Waals surface area contributed by atoms with Crippen molar-refractivity contribution in [3.05, 3.63) is 42.1 Å². The molecule has 0 spiro atoms. The minimum atomic E-state index is -0.461. The van der Waals surface area contributed by atoms with E-state index < -0.39 is 5.41 Å². The van der Waals surface area contributed by atoms with Crippen molar-refractivity contribution in [3.8, 4) is 5.75 Å². The molecule has 3 rings (SSSR count). The largest absolute Gasteiger partial charge is 0.496 e. The van der Waals surface area contributed by atoms with Crippen molar-refractivity contribution in [2.45, 2.75) is 18.3 Å². The highest BCUT2D eigenvalue weighted by Gasteiger charge is 2.52. The monoisotopic (exact) mass is 257 g/mol. The van der Waals surface area contributed by atoms with Crippen molar-refractivity contribution < 1.29 is 9.53 Å². The molecule has 1 fully saturated rings. The number of nitrogens with zero attached hydrogens (tertiary/aromatic N) is 1. The smallest absolute Gasteiger partial charge is 0.236 e. The highest BCUT2D eigenvalue weighted by atomic mass is 16.5. The van der Waals surface area contributed by atoms with Crippen LogP contribution in [0.4, 0.5) is 5.82 Å². The van der Waals surface area contributed by atoms with Crippen LogP contribution in [0.3, 0.4) is 0 Å². The van der Waals surface area contributed by atoms with Gasteiger partial charge in [-0.25, -0.2) is 0 Å². The van der Waals surface area contributed by atoms with Crippen molar-refractivity contribution in [1.82, 2.24) is 10.2 Å². The average molecular weight is 257 g/mol. The number of carbonyl (C=O) groups excluding carboxylic acids is 1. The summed E-state index contributed by atoms with van der Waals surface area (Å²) in [6.45, 7) is 0. The fourth-order valence-corrected chi connectivity index (χ4v) is 2.35. The molecule has 0 aliphatic heterocycles. The first kappa shape index (κ1) is 11.8. The second kappa shape index (κ2) is 4.42. The number of H-pyrrole nitrogens is 1. The zero-order valence-corrected chi connectivity index (χ0v) is 10.6. The number of nitrogens with one attached hydrogen (secondary N) is 2. The molecule has 98 valence electrons. The maximum Gasteiger partial charge on any atom is 0.236 e. The standard InChI is InChI=1S/C14H15N3O2/c1-19-11-5-3-2-4-10(11)14(7-8-14)13(18)16-12-6-9-15-17-12/h2-6,9H,7-8H2,1H3,(H2,15,16,17,18). The van der Waals surface area contributed by atoms with Crippen LogP contribution >= 0.6 is 0 Å². The van der Waals surface area contributed by atoms with Crippen LogP contribution in [0, 0.1) is 0 Å². The average Bonchev–Trinajstić information content (AvgIpc) is 3.11. The van der Waals surface area contributed by atoms with Crippen LogP contribution in [-0.4, -0.2) is 23.2 Å². The van der Waals surface area contributed by atoms with E-state index in [2.05, 4.69) is 15.5 Å². The number of benzene rings is 1. The lowest BCUT2D eigenvalue weighted by molar-refractivity contribution is -0.118. The number of hydrogen-bond acceptors (Lipinski definition) is 3. The van der Waals surface area contributed by atoms with Gasteiger partial charge in [0.2, 0.25) is 5.91 Å². The summed E-state index contributed by atoms with van der Waals surface area (Å²) in [6, 6.07) is 9.42. The Morgan fingerprint density at radius 1 is 1.37 bits per heavy atom. The summed E-state index contributed by atoms with van der Waals surface area (Å²) in [7, 11) is 1.63. The first-order valence-corrected chi connectivity index (χ1v) is 6.20. The van der Waals surface area contributed by atoms with Crippen LogP contribution in [0.15, 0.2) is 36.5 Å². The first-order valence-electron chi connectivity index (χ1n) is 6.20. The quantitative estimate of drug-likeness (QED) is 0.881. The number of hydrogen-bond donors (Lipinski definition) is 2. The van der Waals surface area contributed by atoms with Gasteiger partial charge in [-0.15, -0.1) is 0 Å². The summed E-state index contributed by atoms with van der Waals surface area (Å²) in [5, 5.41) is 9.42. The lowest BCUT2D eigenvalue weighted by Crippen LogP contribution is -2.28. The molecule has 1 aromatic heterocycles. The molecule has 1 aliphatic rings. The molecule has 1 aromatic carbocycles. The van der Waals surface area contributed by atoms with Crippen LogP contribution in [0.5, 0.6) is 5.75 Å². The molecule has 2 N–H and O–H groups in total. The Bertz CT molecular complexity index is 588. The van der Waals surface area contributed by atoms with E-state index >= 15 is 0 Å². The molecule has 1 saturated carbocycles. The van der Waals surface area contributed by atoms with Gasteiger partial charge in [-0.05, 0) is 18.9 Å². The van der Waals surface area contributed by atoms with Crippen molar-refractivity contribution >= 4 is 11.7 Å². The molecular formula is C14H15N3O2. The third-order valence-electron chi connectivity index (χ3n) is 3.56. The van der Waals surface area contributed by atoms with Gasteiger partial charge in [0.15, 0.2) is 0 Å². The molecule has 2 aromatic rings. The molecule has 0 saturated heterocycles. The summed E-state index contributed by atoms with van der Waals surface area (Å²) in [5.41, 5.74) is 0.493. The number of para-hydroxylation sites is 1. The van der Waals surface area contributed by atoms with E-state index in [9.17, 15) is 4.79 Å². The summed E-state index contributed by atoms with van der Waals surface area (Å²) < 4.78 is 5.36. The molecular weight excluding hydrogens is 242 g/mol. The van der Waals surface area contributed by atoms with Gasteiger partial charge >= 0.3 is 0 Å².